The molecule has 3 unspecified atom stereocenters. The number of rotatable bonds is 5. The van der Waals surface area contributed by atoms with Gasteiger partial charge in [0.05, 0.1) is 5.75 Å². The van der Waals surface area contributed by atoms with Gasteiger partial charge in [0, 0.05) is 11.7 Å². The number of nitrogens with one attached hydrogen (secondary N) is 1. The minimum absolute atomic E-state index is 0.00193. The monoisotopic (exact) mass is 296 g/mol. The van der Waals surface area contributed by atoms with Gasteiger partial charge in [-0.05, 0) is 42.4 Å². The normalized spacial score (nSPS) is 26.8. The molecule has 112 valence electrons. The van der Waals surface area contributed by atoms with Crippen LogP contribution in [0.2, 0.25) is 0 Å². The number of benzene rings is 1. The van der Waals surface area contributed by atoms with Crippen LogP contribution in [0.15, 0.2) is 24.3 Å². The largest absolute Gasteiger partial charge is 0.399 e. The van der Waals surface area contributed by atoms with E-state index in [0.717, 1.165) is 24.8 Å². The van der Waals surface area contributed by atoms with Gasteiger partial charge in [0.1, 0.15) is 0 Å². The molecule has 0 heterocycles. The van der Waals surface area contributed by atoms with Crippen molar-refractivity contribution in [1.82, 2.24) is 4.72 Å². The van der Waals surface area contributed by atoms with Gasteiger partial charge >= 0.3 is 0 Å². The Kier molecular flexibility index (Phi) is 4.70. The fourth-order valence-corrected chi connectivity index (χ4v) is 4.66. The Labute approximate surface area is 121 Å². The molecule has 1 aliphatic rings. The number of anilines is 1. The Morgan fingerprint density at radius 2 is 2.10 bits per heavy atom. The summed E-state index contributed by atoms with van der Waals surface area (Å²) >= 11 is 0. The van der Waals surface area contributed by atoms with Crippen molar-refractivity contribution in [2.24, 2.45) is 11.8 Å². The van der Waals surface area contributed by atoms with E-state index in [1.807, 2.05) is 0 Å². The summed E-state index contributed by atoms with van der Waals surface area (Å²) in [5, 5.41) is 0. The van der Waals surface area contributed by atoms with Gasteiger partial charge in [-0.2, -0.15) is 0 Å². The maximum atomic E-state index is 12.3. The molecule has 0 amide bonds. The number of hydrogen-bond donors (Lipinski definition) is 2. The molecule has 0 aromatic heterocycles. The molecule has 5 heteroatoms. The van der Waals surface area contributed by atoms with E-state index in [1.165, 1.54) is 0 Å². The van der Waals surface area contributed by atoms with Crippen LogP contribution in [-0.2, 0) is 15.8 Å². The molecule has 1 saturated carbocycles. The number of sulfonamides is 1. The van der Waals surface area contributed by atoms with Crippen molar-refractivity contribution in [2.75, 3.05) is 5.73 Å². The van der Waals surface area contributed by atoms with E-state index in [2.05, 4.69) is 18.6 Å². The zero-order valence-electron chi connectivity index (χ0n) is 12.2. The standard InChI is InChI=1S/C15H24N2O2S/c1-3-13-7-8-15(11(13)2)17-20(18,19)10-12-5-4-6-14(16)9-12/h4-6,9,11,13,15,17H,3,7-8,10,16H2,1-2H3. The first-order valence-electron chi connectivity index (χ1n) is 7.25. The van der Waals surface area contributed by atoms with E-state index in [-0.39, 0.29) is 11.8 Å². The highest BCUT2D eigenvalue weighted by Crippen LogP contribution is 2.34. The molecule has 0 saturated heterocycles. The molecule has 1 aromatic rings. The second-order valence-electron chi connectivity index (χ2n) is 5.83. The van der Waals surface area contributed by atoms with Crippen LogP contribution in [0, 0.1) is 11.8 Å². The van der Waals surface area contributed by atoms with Crippen LogP contribution in [0.25, 0.3) is 0 Å². The molecule has 3 N–H and O–H groups in total. The van der Waals surface area contributed by atoms with Gasteiger partial charge in [-0.15, -0.1) is 0 Å². The third kappa shape index (κ3) is 3.73. The summed E-state index contributed by atoms with van der Waals surface area (Å²) in [5.41, 5.74) is 7.01. The highest BCUT2D eigenvalue weighted by molar-refractivity contribution is 7.88. The average molecular weight is 296 g/mol. The molecule has 0 aliphatic heterocycles. The lowest BCUT2D eigenvalue weighted by Gasteiger charge is -2.21. The van der Waals surface area contributed by atoms with Gasteiger partial charge < -0.3 is 5.73 Å². The predicted octanol–water partition coefficient (Wildman–Crippen LogP) is 2.51. The average Bonchev–Trinajstić information content (AvgIpc) is 2.69. The third-order valence-electron chi connectivity index (χ3n) is 4.39. The molecular weight excluding hydrogens is 272 g/mol. The maximum Gasteiger partial charge on any atom is 0.216 e. The first-order chi connectivity index (χ1) is 9.41. The lowest BCUT2D eigenvalue weighted by molar-refractivity contribution is 0.368. The number of nitrogens with two attached hydrogens (primary N) is 1. The highest BCUT2D eigenvalue weighted by Gasteiger charge is 2.33. The fourth-order valence-electron chi connectivity index (χ4n) is 3.16. The minimum Gasteiger partial charge on any atom is -0.399 e. The van der Waals surface area contributed by atoms with Crippen LogP contribution >= 0.6 is 0 Å². The van der Waals surface area contributed by atoms with E-state index in [9.17, 15) is 8.42 Å². The Morgan fingerprint density at radius 3 is 2.70 bits per heavy atom. The first kappa shape index (κ1) is 15.3. The molecular formula is C15H24N2O2S. The van der Waals surface area contributed by atoms with Crippen molar-refractivity contribution in [3.63, 3.8) is 0 Å². The van der Waals surface area contributed by atoms with Crippen molar-refractivity contribution in [2.45, 2.75) is 44.9 Å². The lowest BCUT2D eigenvalue weighted by atomic mass is 9.94. The van der Waals surface area contributed by atoms with Gasteiger partial charge in [0.2, 0.25) is 10.0 Å². The Morgan fingerprint density at radius 1 is 1.35 bits per heavy atom. The second kappa shape index (κ2) is 6.14. The molecule has 0 bridgehead atoms. The topological polar surface area (TPSA) is 72.2 Å². The molecule has 1 fully saturated rings. The van der Waals surface area contributed by atoms with Crippen LogP contribution in [0.3, 0.4) is 0 Å². The summed E-state index contributed by atoms with van der Waals surface area (Å²) in [6.45, 7) is 4.32. The van der Waals surface area contributed by atoms with Gasteiger partial charge in [-0.25, -0.2) is 13.1 Å². The van der Waals surface area contributed by atoms with Crippen LogP contribution in [0.5, 0.6) is 0 Å². The van der Waals surface area contributed by atoms with Crippen molar-refractivity contribution in [3.8, 4) is 0 Å². The van der Waals surface area contributed by atoms with Crippen LogP contribution < -0.4 is 10.5 Å². The summed E-state index contributed by atoms with van der Waals surface area (Å²) in [6.07, 6.45) is 3.17. The minimum atomic E-state index is -3.30. The molecule has 2 rings (SSSR count). The molecule has 20 heavy (non-hydrogen) atoms. The van der Waals surface area contributed by atoms with Crippen LogP contribution in [-0.4, -0.2) is 14.5 Å². The Hall–Kier alpha value is -1.07. The highest BCUT2D eigenvalue weighted by atomic mass is 32.2. The molecule has 3 atom stereocenters. The Bertz CT molecular complexity index is 557. The van der Waals surface area contributed by atoms with E-state index in [1.54, 1.807) is 24.3 Å². The molecule has 4 nitrogen and oxygen atoms in total. The summed E-state index contributed by atoms with van der Waals surface area (Å²) in [5.74, 6) is 1.05. The third-order valence-corrected chi connectivity index (χ3v) is 5.76. The summed E-state index contributed by atoms with van der Waals surface area (Å²) < 4.78 is 27.4. The lowest BCUT2D eigenvalue weighted by Crippen LogP contribution is -2.38. The van der Waals surface area contributed by atoms with Gasteiger partial charge in [-0.1, -0.05) is 32.4 Å². The van der Waals surface area contributed by atoms with E-state index < -0.39 is 10.0 Å². The molecule has 1 aromatic carbocycles. The van der Waals surface area contributed by atoms with Gasteiger partial charge in [0.25, 0.3) is 0 Å². The molecule has 0 spiro atoms. The first-order valence-corrected chi connectivity index (χ1v) is 8.91. The smallest absolute Gasteiger partial charge is 0.216 e. The maximum absolute atomic E-state index is 12.3. The van der Waals surface area contributed by atoms with E-state index >= 15 is 0 Å². The molecule has 1 aliphatic carbocycles. The number of hydrogen-bond acceptors (Lipinski definition) is 3. The zero-order valence-corrected chi connectivity index (χ0v) is 13.0. The van der Waals surface area contributed by atoms with Gasteiger partial charge in [-0.3, -0.25) is 0 Å². The number of nitrogen functional groups attached to an aromatic ring is 1. The van der Waals surface area contributed by atoms with Crippen molar-refractivity contribution >= 4 is 15.7 Å². The quantitative estimate of drug-likeness (QED) is 0.820. The SMILES string of the molecule is CCC1CCC(NS(=O)(=O)Cc2cccc(N)c2)C1C. The second-order valence-corrected chi connectivity index (χ2v) is 7.59. The van der Waals surface area contributed by atoms with E-state index in [4.69, 9.17) is 5.73 Å². The van der Waals surface area contributed by atoms with Crippen LogP contribution in [0.4, 0.5) is 5.69 Å². The summed E-state index contributed by atoms with van der Waals surface area (Å²) in [4.78, 5) is 0. The summed E-state index contributed by atoms with van der Waals surface area (Å²) in [7, 11) is -3.30. The summed E-state index contributed by atoms with van der Waals surface area (Å²) in [6, 6.07) is 7.13. The fraction of sp³-hybridized carbons (Fsp3) is 0.600. The van der Waals surface area contributed by atoms with Crippen LogP contribution in [0.1, 0.15) is 38.7 Å². The predicted molar refractivity (Wildman–Crippen MR) is 82.6 cm³/mol. The van der Waals surface area contributed by atoms with Crippen molar-refractivity contribution < 1.29 is 8.42 Å². The van der Waals surface area contributed by atoms with Crippen molar-refractivity contribution in [1.29, 1.82) is 0 Å². The van der Waals surface area contributed by atoms with Crippen molar-refractivity contribution in [3.05, 3.63) is 29.8 Å². The molecule has 0 radical (unpaired) electrons. The van der Waals surface area contributed by atoms with E-state index in [0.29, 0.717) is 17.5 Å². The van der Waals surface area contributed by atoms with Gasteiger partial charge in [0.15, 0.2) is 0 Å². The zero-order chi connectivity index (χ0) is 14.8. The Balaban J connectivity index is 2.01.